The molecule has 0 amide bonds. The lowest BCUT2D eigenvalue weighted by Gasteiger charge is -2.15. The van der Waals surface area contributed by atoms with Crippen LogP contribution in [0, 0.1) is 0 Å². The van der Waals surface area contributed by atoms with Gasteiger partial charge in [0.1, 0.15) is 4.90 Å². The van der Waals surface area contributed by atoms with Crippen molar-refractivity contribution in [3.8, 4) is 11.5 Å². The second-order valence-electron chi connectivity index (χ2n) is 5.31. The van der Waals surface area contributed by atoms with Crippen molar-refractivity contribution in [3.63, 3.8) is 0 Å². The van der Waals surface area contributed by atoms with E-state index >= 15 is 0 Å². The van der Waals surface area contributed by atoms with E-state index in [2.05, 4.69) is 25.4 Å². The first-order valence-corrected chi connectivity index (χ1v) is 11.7. The van der Waals surface area contributed by atoms with Crippen LogP contribution in [0.15, 0.2) is 39.7 Å². The molecule has 0 aromatic heterocycles. The van der Waals surface area contributed by atoms with Crippen LogP contribution in [0.5, 0.6) is 11.5 Å². The lowest BCUT2D eigenvalue weighted by molar-refractivity contribution is 0.353. The molecule has 27 heavy (non-hydrogen) atoms. The third-order valence-electron chi connectivity index (χ3n) is 3.24. The molecule has 0 atom stereocenters. The molecule has 0 saturated carbocycles. The maximum absolute atomic E-state index is 12.8. The van der Waals surface area contributed by atoms with Gasteiger partial charge in [-0.15, -0.1) is 0 Å². The third-order valence-corrected chi connectivity index (χ3v) is 6.50. The van der Waals surface area contributed by atoms with Gasteiger partial charge in [-0.2, -0.15) is 0 Å². The van der Waals surface area contributed by atoms with Crippen LogP contribution in [-0.2, 0) is 20.0 Å². The zero-order valence-electron chi connectivity index (χ0n) is 14.4. The molecule has 0 aliphatic carbocycles. The Morgan fingerprint density at radius 1 is 0.963 bits per heavy atom. The van der Waals surface area contributed by atoms with Crippen molar-refractivity contribution < 1.29 is 26.3 Å². The molecule has 0 aliphatic heterocycles. The Bertz CT molecular complexity index is 1070. The first-order valence-electron chi connectivity index (χ1n) is 7.18. The van der Waals surface area contributed by atoms with E-state index in [-0.39, 0.29) is 31.5 Å². The highest BCUT2D eigenvalue weighted by atomic mass is 79.9. The van der Waals surface area contributed by atoms with Crippen molar-refractivity contribution in [3.05, 3.63) is 39.8 Å². The number of hydrogen-bond donors (Lipinski definition) is 2. The fourth-order valence-corrected chi connectivity index (χ4v) is 5.01. The van der Waals surface area contributed by atoms with Gasteiger partial charge in [0, 0.05) is 10.5 Å². The van der Waals surface area contributed by atoms with Crippen molar-refractivity contribution in [2.75, 3.05) is 29.9 Å². The van der Waals surface area contributed by atoms with Crippen LogP contribution >= 0.6 is 27.5 Å². The van der Waals surface area contributed by atoms with Gasteiger partial charge in [0.25, 0.3) is 10.0 Å². The molecule has 2 aromatic carbocycles. The van der Waals surface area contributed by atoms with E-state index in [0.29, 0.717) is 5.75 Å². The lowest BCUT2D eigenvalue weighted by atomic mass is 10.3. The number of benzene rings is 2. The summed E-state index contributed by atoms with van der Waals surface area (Å²) in [5.41, 5.74) is 0.165. The minimum absolute atomic E-state index is 0.00648. The highest BCUT2D eigenvalue weighted by molar-refractivity contribution is 9.10. The number of sulfonamides is 2. The number of anilines is 2. The van der Waals surface area contributed by atoms with Crippen molar-refractivity contribution in [2.24, 2.45) is 0 Å². The Kier molecular flexibility index (Phi) is 6.51. The molecule has 2 N–H and O–H groups in total. The van der Waals surface area contributed by atoms with Crippen LogP contribution in [0.4, 0.5) is 11.4 Å². The second kappa shape index (κ2) is 8.13. The summed E-state index contributed by atoms with van der Waals surface area (Å²) in [4.78, 5) is -0.113. The average molecular weight is 500 g/mol. The molecular weight excluding hydrogens is 484 g/mol. The highest BCUT2D eigenvalue weighted by Gasteiger charge is 2.22. The predicted molar refractivity (Wildman–Crippen MR) is 108 cm³/mol. The molecule has 0 spiro atoms. The molecule has 0 unspecified atom stereocenters. The monoisotopic (exact) mass is 498 g/mol. The van der Waals surface area contributed by atoms with E-state index in [4.69, 9.17) is 21.1 Å². The van der Waals surface area contributed by atoms with E-state index in [9.17, 15) is 16.8 Å². The van der Waals surface area contributed by atoms with Gasteiger partial charge >= 0.3 is 0 Å². The summed E-state index contributed by atoms with van der Waals surface area (Å²) in [5, 5.41) is 0.0919. The van der Waals surface area contributed by atoms with Crippen LogP contribution in [-0.4, -0.2) is 37.3 Å². The summed E-state index contributed by atoms with van der Waals surface area (Å²) in [7, 11) is -4.80. The fraction of sp³-hybridized carbons (Fsp3) is 0.200. The number of rotatable bonds is 7. The molecule has 12 heteroatoms. The average Bonchev–Trinajstić information content (AvgIpc) is 2.55. The minimum atomic E-state index is -4.08. The van der Waals surface area contributed by atoms with Crippen molar-refractivity contribution in [1.29, 1.82) is 0 Å². The van der Waals surface area contributed by atoms with E-state index in [1.54, 1.807) is 0 Å². The van der Waals surface area contributed by atoms with Gasteiger partial charge in [-0.05, 0) is 40.2 Å². The van der Waals surface area contributed by atoms with Crippen LogP contribution in [0.1, 0.15) is 0 Å². The summed E-state index contributed by atoms with van der Waals surface area (Å²) in [5.74, 6) is 0.570. The van der Waals surface area contributed by atoms with Crippen molar-refractivity contribution >= 4 is 59.0 Å². The number of methoxy groups -OCH3 is 2. The standard InChI is InChI=1S/C15H16BrClN2O6S2/c1-24-13-7-10(16)15(8-14(13)25-2)27(22,23)19-12-6-9(4-5-11(12)17)18-26(3,20)21/h4-8,18-19H,1-3H3. The maximum atomic E-state index is 12.8. The third kappa shape index (κ3) is 5.41. The van der Waals surface area contributed by atoms with E-state index < -0.39 is 20.0 Å². The quantitative estimate of drug-likeness (QED) is 0.605. The molecule has 2 rings (SSSR count). The van der Waals surface area contributed by atoms with Crippen LogP contribution in [0.2, 0.25) is 5.02 Å². The smallest absolute Gasteiger partial charge is 0.263 e. The topological polar surface area (TPSA) is 111 Å². The molecule has 8 nitrogen and oxygen atoms in total. The molecule has 0 saturated heterocycles. The summed E-state index contributed by atoms with van der Waals surface area (Å²) >= 11 is 9.24. The highest BCUT2D eigenvalue weighted by Crippen LogP contribution is 2.37. The van der Waals surface area contributed by atoms with Crippen LogP contribution in [0.3, 0.4) is 0 Å². The number of nitrogens with one attached hydrogen (secondary N) is 2. The summed E-state index contributed by atoms with van der Waals surface area (Å²) in [6.45, 7) is 0. The molecule has 0 radical (unpaired) electrons. The Morgan fingerprint density at radius 2 is 1.56 bits per heavy atom. The Labute approximate surface area is 171 Å². The molecule has 0 aliphatic rings. The van der Waals surface area contributed by atoms with E-state index in [1.165, 1.54) is 44.6 Å². The van der Waals surface area contributed by atoms with Crippen LogP contribution < -0.4 is 18.9 Å². The second-order valence-corrected chi connectivity index (χ2v) is 9.97. The first-order chi connectivity index (χ1) is 12.5. The van der Waals surface area contributed by atoms with Gasteiger partial charge in [-0.25, -0.2) is 16.8 Å². The molecule has 0 heterocycles. The molecule has 0 fully saturated rings. The van der Waals surface area contributed by atoms with Gasteiger partial charge < -0.3 is 9.47 Å². The normalized spacial score (nSPS) is 11.7. The van der Waals surface area contributed by atoms with Crippen LogP contribution in [0.25, 0.3) is 0 Å². The fourth-order valence-electron chi connectivity index (χ4n) is 2.12. The number of halogens is 2. The zero-order chi connectivity index (χ0) is 20.4. The SMILES string of the molecule is COc1cc(Br)c(S(=O)(=O)Nc2cc(NS(C)(=O)=O)ccc2Cl)cc1OC. The number of hydrogen-bond acceptors (Lipinski definition) is 6. The maximum Gasteiger partial charge on any atom is 0.263 e. The van der Waals surface area contributed by atoms with Crippen molar-refractivity contribution in [2.45, 2.75) is 4.90 Å². The Hall–Kier alpha value is -1.69. The van der Waals surface area contributed by atoms with E-state index in [1.807, 2.05) is 0 Å². The lowest BCUT2D eigenvalue weighted by Crippen LogP contribution is -2.15. The summed E-state index contributed by atoms with van der Waals surface area (Å²) in [6.07, 6.45) is 0.978. The number of ether oxygens (including phenoxy) is 2. The van der Waals surface area contributed by atoms with E-state index in [0.717, 1.165) is 6.26 Å². The summed E-state index contributed by atoms with van der Waals surface area (Å²) in [6, 6.07) is 6.80. The van der Waals surface area contributed by atoms with Gasteiger partial charge in [-0.3, -0.25) is 9.44 Å². The Morgan fingerprint density at radius 3 is 2.11 bits per heavy atom. The minimum Gasteiger partial charge on any atom is -0.493 e. The first kappa shape index (κ1) is 21.6. The van der Waals surface area contributed by atoms with Crippen molar-refractivity contribution in [1.82, 2.24) is 0 Å². The van der Waals surface area contributed by atoms with Gasteiger partial charge in [0.15, 0.2) is 11.5 Å². The molecule has 0 bridgehead atoms. The largest absolute Gasteiger partial charge is 0.493 e. The summed E-state index contributed by atoms with van der Waals surface area (Å²) < 4.78 is 63.4. The van der Waals surface area contributed by atoms with Gasteiger partial charge in [0.2, 0.25) is 10.0 Å². The van der Waals surface area contributed by atoms with Gasteiger partial charge in [-0.1, -0.05) is 11.6 Å². The molecular formula is C15H16BrClN2O6S2. The zero-order valence-corrected chi connectivity index (χ0v) is 18.4. The molecule has 2 aromatic rings. The predicted octanol–water partition coefficient (Wildman–Crippen LogP) is 3.29. The molecule has 148 valence electrons. The van der Waals surface area contributed by atoms with Gasteiger partial charge in [0.05, 0.1) is 36.9 Å². The Balaban J connectivity index is 2.46.